The molecule has 0 radical (unpaired) electrons. The molecule has 4 heteroatoms. The quantitative estimate of drug-likeness (QED) is 0.840. The van der Waals surface area contributed by atoms with Crippen LogP contribution in [-0.2, 0) is 13.0 Å². The molecule has 0 saturated carbocycles. The fourth-order valence-electron chi connectivity index (χ4n) is 3.53. The van der Waals surface area contributed by atoms with Gasteiger partial charge in [-0.15, -0.1) is 0 Å². The molecule has 3 nitrogen and oxygen atoms in total. The lowest BCUT2D eigenvalue weighted by atomic mass is 9.88. The van der Waals surface area contributed by atoms with Crippen molar-refractivity contribution < 1.29 is 9.84 Å². The van der Waals surface area contributed by atoms with Crippen LogP contribution in [0.3, 0.4) is 0 Å². The minimum Gasteiger partial charge on any atom is -0.492 e. The Morgan fingerprint density at radius 1 is 1.16 bits per heavy atom. The van der Waals surface area contributed by atoms with Gasteiger partial charge >= 0.3 is 0 Å². The highest BCUT2D eigenvalue weighted by atomic mass is 35.5. The van der Waals surface area contributed by atoms with E-state index in [-0.39, 0.29) is 12.0 Å². The number of nitrogens with zero attached hydrogens (tertiary/aromatic N) is 1. The third-order valence-electron chi connectivity index (χ3n) is 4.82. The van der Waals surface area contributed by atoms with E-state index in [4.69, 9.17) is 16.3 Å². The molecule has 1 aliphatic heterocycles. The number of aliphatic hydroxyl groups is 1. The molecule has 0 spiro atoms. The van der Waals surface area contributed by atoms with Crippen molar-refractivity contribution >= 4 is 11.6 Å². The summed E-state index contributed by atoms with van der Waals surface area (Å²) in [6.07, 6.45) is 1.40. The molecule has 2 atom stereocenters. The number of rotatable bonds is 6. The first-order valence-corrected chi connectivity index (χ1v) is 9.39. The molecule has 1 aliphatic rings. The zero-order chi connectivity index (χ0) is 17.6. The molecule has 1 fully saturated rings. The fourth-order valence-corrected chi connectivity index (χ4v) is 3.79. The summed E-state index contributed by atoms with van der Waals surface area (Å²) in [7, 11) is 0. The van der Waals surface area contributed by atoms with Gasteiger partial charge in [-0.25, -0.2) is 0 Å². The Morgan fingerprint density at radius 2 is 1.96 bits per heavy atom. The van der Waals surface area contributed by atoms with Gasteiger partial charge in [-0.1, -0.05) is 48.0 Å². The molecule has 1 N–H and O–H groups in total. The maximum atomic E-state index is 10.4. The van der Waals surface area contributed by atoms with Crippen LogP contribution >= 0.6 is 11.6 Å². The van der Waals surface area contributed by atoms with Crippen LogP contribution in [0.15, 0.2) is 48.5 Å². The van der Waals surface area contributed by atoms with Crippen molar-refractivity contribution in [1.82, 2.24) is 4.90 Å². The Labute approximate surface area is 155 Å². The van der Waals surface area contributed by atoms with E-state index in [9.17, 15) is 5.11 Å². The summed E-state index contributed by atoms with van der Waals surface area (Å²) in [6.45, 7) is 5.34. The molecule has 1 saturated heterocycles. The average molecular weight is 360 g/mol. The molecule has 2 aromatic carbocycles. The summed E-state index contributed by atoms with van der Waals surface area (Å²) in [6, 6.07) is 16.5. The second kappa shape index (κ2) is 8.70. The Balaban J connectivity index is 1.63. The monoisotopic (exact) mass is 359 g/mol. The summed E-state index contributed by atoms with van der Waals surface area (Å²) in [4.78, 5) is 2.43. The van der Waals surface area contributed by atoms with Crippen LogP contribution in [0.5, 0.6) is 5.75 Å². The third kappa shape index (κ3) is 4.97. The third-order valence-corrected chi connectivity index (χ3v) is 5.12. The largest absolute Gasteiger partial charge is 0.492 e. The molecule has 25 heavy (non-hydrogen) atoms. The zero-order valence-corrected chi connectivity index (χ0v) is 15.5. The zero-order valence-electron chi connectivity index (χ0n) is 14.7. The van der Waals surface area contributed by atoms with E-state index in [0.29, 0.717) is 11.6 Å². The minimum atomic E-state index is -0.252. The first-order valence-electron chi connectivity index (χ1n) is 9.01. The van der Waals surface area contributed by atoms with Crippen LogP contribution in [0.1, 0.15) is 24.5 Å². The minimum absolute atomic E-state index is 0.228. The summed E-state index contributed by atoms with van der Waals surface area (Å²) in [5.41, 5.74) is 2.47. The number of halogens is 1. The van der Waals surface area contributed by atoms with Crippen LogP contribution in [0.2, 0.25) is 5.02 Å². The lowest BCUT2D eigenvalue weighted by Gasteiger charge is -2.36. The normalized spacial score (nSPS) is 21.2. The average Bonchev–Trinajstić information content (AvgIpc) is 2.61. The van der Waals surface area contributed by atoms with Crippen molar-refractivity contribution in [2.24, 2.45) is 5.92 Å². The molecule has 2 aromatic rings. The highest BCUT2D eigenvalue weighted by molar-refractivity contribution is 6.32. The lowest BCUT2D eigenvalue weighted by Crippen LogP contribution is -2.43. The lowest BCUT2D eigenvalue weighted by molar-refractivity contribution is 0.0239. The molecule has 0 aromatic heterocycles. The van der Waals surface area contributed by atoms with Crippen molar-refractivity contribution in [3.05, 3.63) is 64.7 Å². The molecule has 0 aliphatic carbocycles. The predicted octanol–water partition coefficient (Wildman–Crippen LogP) is 4.16. The maximum Gasteiger partial charge on any atom is 0.137 e. The summed E-state index contributed by atoms with van der Waals surface area (Å²) in [5.74, 6) is 0.953. The van der Waals surface area contributed by atoms with Crippen LogP contribution < -0.4 is 4.74 Å². The van der Waals surface area contributed by atoms with Gasteiger partial charge in [-0.05, 0) is 43.0 Å². The molecular weight excluding hydrogens is 334 g/mol. The molecule has 134 valence electrons. The van der Waals surface area contributed by atoms with Crippen molar-refractivity contribution in [3.8, 4) is 5.75 Å². The second-order valence-corrected chi connectivity index (χ2v) is 7.15. The number of piperidine rings is 1. The Morgan fingerprint density at radius 3 is 2.68 bits per heavy atom. The van der Waals surface area contributed by atoms with Crippen molar-refractivity contribution in [2.45, 2.75) is 32.4 Å². The van der Waals surface area contributed by atoms with E-state index < -0.39 is 0 Å². The van der Waals surface area contributed by atoms with E-state index in [1.54, 1.807) is 0 Å². The number of benzene rings is 2. The summed E-state index contributed by atoms with van der Waals surface area (Å²) in [5, 5.41) is 11.1. The molecule has 2 unspecified atom stereocenters. The van der Waals surface area contributed by atoms with Gasteiger partial charge in [0.25, 0.3) is 0 Å². The molecule has 1 heterocycles. The van der Waals surface area contributed by atoms with Gasteiger partial charge in [0.15, 0.2) is 0 Å². The maximum absolute atomic E-state index is 10.4. The smallest absolute Gasteiger partial charge is 0.137 e. The van der Waals surface area contributed by atoms with Crippen molar-refractivity contribution in [3.63, 3.8) is 0 Å². The van der Waals surface area contributed by atoms with E-state index in [1.165, 1.54) is 5.56 Å². The van der Waals surface area contributed by atoms with Gasteiger partial charge in [0.1, 0.15) is 5.75 Å². The number of hydrogen-bond donors (Lipinski definition) is 1. The van der Waals surface area contributed by atoms with Crippen LogP contribution in [0, 0.1) is 5.92 Å². The first kappa shape index (κ1) is 18.2. The van der Waals surface area contributed by atoms with Crippen LogP contribution in [-0.4, -0.2) is 35.8 Å². The Hall–Kier alpha value is -1.55. The molecule has 3 rings (SSSR count). The number of hydrogen-bond acceptors (Lipinski definition) is 3. The van der Waals surface area contributed by atoms with E-state index >= 15 is 0 Å². The number of aliphatic hydroxyl groups excluding tert-OH is 1. The molecular formula is C21H26ClNO2. The van der Waals surface area contributed by atoms with Crippen LogP contribution in [0.25, 0.3) is 0 Å². The molecule has 0 amide bonds. The highest BCUT2D eigenvalue weighted by Gasteiger charge is 2.28. The first-order chi connectivity index (χ1) is 12.2. The number of ether oxygens (including phenoxy) is 1. The highest BCUT2D eigenvalue weighted by Crippen LogP contribution is 2.28. The fraction of sp³-hybridized carbons (Fsp3) is 0.429. The van der Waals surface area contributed by atoms with Gasteiger partial charge in [-0.2, -0.15) is 0 Å². The van der Waals surface area contributed by atoms with E-state index in [2.05, 4.69) is 35.2 Å². The SMILES string of the molecule is CCOc1ccc(CC2CN(Cc3ccccc3)CCC2O)cc1Cl. The van der Waals surface area contributed by atoms with E-state index in [0.717, 1.165) is 43.8 Å². The van der Waals surface area contributed by atoms with Gasteiger partial charge in [0.2, 0.25) is 0 Å². The summed E-state index contributed by atoms with van der Waals surface area (Å²) >= 11 is 6.30. The predicted molar refractivity (Wildman–Crippen MR) is 102 cm³/mol. The van der Waals surface area contributed by atoms with Gasteiger partial charge in [0.05, 0.1) is 17.7 Å². The Bertz CT molecular complexity index is 677. The second-order valence-electron chi connectivity index (χ2n) is 6.74. The van der Waals surface area contributed by atoms with Crippen molar-refractivity contribution in [2.75, 3.05) is 19.7 Å². The van der Waals surface area contributed by atoms with Crippen molar-refractivity contribution in [1.29, 1.82) is 0 Å². The van der Waals surface area contributed by atoms with Gasteiger partial charge in [0, 0.05) is 25.6 Å². The van der Waals surface area contributed by atoms with Crippen LogP contribution in [0.4, 0.5) is 0 Å². The van der Waals surface area contributed by atoms with Gasteiger partial charge < -0.3 is 9.84 Å². The standard InChI is InChI=1S/C21H26ClNO2/c1-2-25-21-9-8-17(13-19(21)22)12-18-15-23(11-10-20(18)24)14-16-6-4-3-5-7-16/h3-9,13,18,20,24H,2,10-12,14-15H2,1H3. The summed E-state index contributed by atoms with van der Waals surface area (Å²) < 4.78 is 5.50. The number of likely N-dealkylation sites (tertiary alicyclic amines) is 1. The van der Waals surface area contributed by atoms with Gasteiger partial charge in [-0.3, -0.25) is 4.90 Å². The molecule has 0 bridgehead atoms. The van der Waals surface area contributed by atoms with E-state index in [1.807, 2.05) is 25.1 Å². The topological polar surface area (TPSA) is 32.7 Å². The Kier molecular flexibility index (Phi) is 6.35.